The Labute approximate surface area is 133 Å². The van der Waals surface area contributed by atoms with Crippen molar-refractivity contribution in [3.63, 3.8) is 0 Å². The number of halogens is 2. The zero-order chi connectivity index (χ0) is 15.1. The number of rotatable bonds is 3. The highest BCUT2D eigenvalue weighted by atomic mass is 79.9. The summed E-state index contributed by atoms with van der Waals surface area (Å²) in [6.07, 6.45) is 1.41. The lowest BCUT2D eigenvalue weighted by atomic mass is 10.4. The summed E-state index contributed by atoms with van der Waals surface area (Å²) in [6.45, 7) is 3.33. The van der Waals surface area contributed by atoms with Gasteiger partial charge in [0, 0.05) is 7.05 Å². The SMILES string of the molecule is Cc1nn(C)c(C)c1S(=O)(=O)Nc1ncc(Br)nc1Br. The van der Waals surface area contributed by atoms with Crippen molar-refractivity contribution in [2.75, 3.05) is 4.72 Å². The third-order valence-corrected chi connectivity index (χ3v) is 5.17. The zero-order valence-corrected chi connectivity index (χ0v) is 14.8. The van der Waals surface area contributed by atoms with Gasteiger partial charge in [-0.3, -0.25) is 9.40 Å². The van der Waals surface area contributed by atoms with E-state index in [0.717, 1.165) is 0 Å². The van der Waals surface area contributed by atoms with Gasteiger partial charge >= 0.3 is 0 Å². The van der Waals surface area contributed by atoms with Gasteiger partial charge in [-0.2, -0.15) is 5.10 Å². The average molecular weight is 425 g/mol. The Morgan fingerprint density at radius 2 is 1.95 bits per heavy atom. The minimum atomic E-state index is -3.77. The van der Waals surface area contributed by atoms with Crippen LogP contribution >= 0.6 is 31.9 Å². The molecule has 0 spiro atoms. The van der Waals surface area contributed by atoms with Crippen LogP contribution in [0.1, 0.15) is 11.4 Å². The molecule has 2 aromatic heterocycles. The Bertz CT molecular complexity index is 772. The Morgan fingerprint density at radius 1 is 1.30 bits per heavy atom. The summed E-state index contributed by atoms with van der Waals surface area (Å²) in [5, 5.41) is 4.10. The molecule has 0 fully saturated rings. The molecular weight excluding hydrogens is 414 g/mol. The van der Waals surface area contributed by atoms with Gasteiger partial charge in [0.1, 0.15) is 9.50 Å². The van der Waals surface area contributed by atoms with Crippen LogP contribution in [0.2, 0.25) is 0 Å². The molecule has 0 aliphatic heterocycles. The molecule has 0 aliphatic carbocycles. The van der Waals surface area contributed by atoms with E-state index in [4.69, 9.17) is 0 Å². The van der Waals surface area contributed by atoms with E-state index < -0.39 is 10.0 Å². The van der Waals surface area contributed by atoms with Gasteiger partial charge in [0.05, 0.1) is 17.6 Å². The Balaban J connectivity index is 2.46. The molecule has 10 heteroatoms. The summed E-state index contributed by atoms with van der Waals surface area (Å²) in [6, 6.07) is 0. The highest BCUT2D eigenvalue weighted by molar-refractivity contribution is 9.11. The van der Waals surface area contributed by atoms with Crippen molar-refractivity contribution in [3.05, 3.63) is 26.8 Å². The molecule has 108 valence electrons. The first-order chi connectivity index (χ1) is 9.22. The first-order valence-electron chi connectivity index (χ1n) is 5.43. The quantitative estimate of drug-likeness (QED) is 0.815. The topological polar surface area (TPSA) is 89.8 Å². The summed E-state index contributed by atoms with van der Waals surface area (Å²) < 4.78 is 29.6. The van der Waals surface area contributed by atoms with Crippen LogP contribution in [0.3, 0.4) is 0 Å². The molecule has 0 bridgehead atoms. The fourth-order valence-corrected chi connectivity index (χ4v) is 4.23. The van der Waals surface area contributed by atoms with Crippen molar-refractivity contribution in [2.24, 2.45) is 7.05 Å². The molecule has 20 heavy (non-hydrogen) atoms. The summed E-state index contributed by atoms with van der Waals surface area (Å²) in [4.78, 5) is 8.16. The number of hydrogen-bond donors (Lipinski definition) is 1. The third-order valence-electron chi connectivity index (χ3n) is 2.64. The zero-order valence-electron chi connectivity index (χ0n) is 10.8. The molecule has 2 rings (SSSR count). The molecule has 0 amide bonds. The molecule has 2 aromatic rings. The second kappa shape index (κ2) is 5.41. The number of aryl methyl sites for hydroxylation is 2. The fourth-order valence-electron chi connectivity index (χ4n) is 1.74. The van der Waals surface area contributed by atoms with Crippen LogP contribution in [0.5, 0.6) is 0 Å². The van der Waals surface area contributed by atoms with Gasteiger partial charge in [-0.1, -0.05) is 0 Å². The van der Waals surface area contributed by atoms with E-state index in [1.807, 2.05) is 0 Å². The van der Waals surface area contributed by atoms with E-state index in [2.05, 4.69) is 51.6 Å². The van der Waals surface area contributed by atoms with Crippen molar-refractivity contribution >= 4 is 47.7 Å². The van der Waals surface area contributed by atoms with Gasteiger partial charge in [-0.25, -0.2) is 18.4 Å². The van der Waals surface area contributed by atoms with E-state index in [-0.39, 0.29) is 10.7 Å². The van der Waals surface area contributed by atoms with Gasteiger partial charge < -0.3 is 0 Å². The first-order valence-corrected chi connectivity index (χ1v) is 8.50. The van der Waals surface area contributed by atoms with Crippen molar-refractivity contribution in [1.82, 2.24) is 19.7 Å². The maximum Gasteiger partial charge on any atom is 0.266 e. The van der Waals surface area contributed by atoms with E-state index in [0.29, 0.717) is 20.6 Å². The second-order valence-corrected chi connectivity index (χ2v) is 7.24. The summed E-state index contributed by atoms with van der Waals surface area (Å²) >= 11 is 6.32. The molecule has 7 nitrogen and oxygen atoms in total. The average Bonchev–Trinajstić information content (AvgIpc) is 2.57. The normalized spacial score (nSPS) is 11.7. The van der Waals surface area contributed by atoms with Crippen LogP contribution in [0.15, 0.2) is 20.3 Å². The standard InChI is InChI=1S/C10H11Br2N5O2S/c1-5-8(6(2)17(3)15-5)20(18,19)16-10-9(12)14-7(11)4-13-10/h4H,1-3H3,(H,13,16). The van der Waals surface area contributed by atoms with Crippen molar-refractivity contribution in [1.29, 1.82) is 0 Å². The highest BCUT2D eigenvalue weighted by Crippen LogP contribution is 2.25. The predicted octanol–water partition coefficient (Wildman–Crippen LogP) is 2.15. The van der Waals surface area contributed by atoms with E-state index in [1.54, 1.807) is 20.9 Å². The van der Waals surface area contributed by atoms with Gasteiger partial charge in [0.15, 0.2) is 10.4 Å². The number of hydrogen-bond acceptors (Lipinski definition) is 5. The monoisotopic (exact) mass is 423 g/mol. The molecule has 0 aliphatic rings. The molecule has 0 unspecified atom stereocenters. The molecule has 0 aromatic carbocycles. The minimum absolute atomic E-state index is 0.121. The van der Waals surface area contributed by atoms with Crippen LogP contribution in [0, 0.1) is 13.8 Å². The Kier molecular flexibility index (Phi) is 4.17. The van der Waals surface area contributed by atoms with E-state index in [9.17, 15) is 8.42 Å². The lowest BCUT2D eigenvalue weighted by Crippen LogP contribution is -2.16. The van der Waals surface area contributed by atoms with Gasteiger partial charge in [-0.15, -0.1) is 0 Å². The maximum atomic E-state index is 12.4. The van der Waals surface area contributed by atoms with Gasteiger partial charge in [0.25, 0.3) is 10.0 Å². The molecule has 1 N–H and O–H groups in total. The van der Waals surface area contributed by atoms with E-state index >= 15 is 0 Å². The van der Waals surface area contributed by atoms with Crippen molar-refractivity contribution in [2.45, 2.75) is 18.7 Å². The van der Waals surface area contributed by atoms with Crippen LogP contribution in [0.25, 0.3) is 0 Å². The summed E-state index contributed by atoms with van der Waals surface area (Å²) in [5.41, 5.74) is 0.981. The maximum absolute atomic E-state index is 12.4. The van der Waals surface area contributed by atoms with Crippen LogP contribution < -0.4 is 4.72 Å². The van der Waals surface area contributed by atoms with Crippen molar-refractivity contribution in [3.8, 4) is 0 Å². The minimum Gasteiger partial charge on any atom is -0.271 e. The molecule has 0 radical (unpaired) electrons. The van der Waals surface area contributed by atoms with Gasteiger partial charge in [0.2, 0.25) is 0 Å². The van der Waals surface area contributed by atoms with Crippen LogP contribution in [0.4, 0.5) is 5.82 Å². The lowest BCUT2D eigenvalue weighted by molar-refractivity contribution is 0.599. The number of nitrogens with one attached hydrogen (secondary N) is 1. The van der Waals surface area contributed by atoms with Crippen LogP contribution in [-0.4, -0.2) is 28.2 Å². The first kappa shape index (κ1) is 15.4. The third kappa shape index (κ3) is 2.86. The molecule has 0 saturated heterocycles. The molecule has 0 atom stereocenters. The smallest absolute Gasteiger partial charge is 0.266 e. The summed E-state index contributed by atoms with van der Waals surface area (Å²) in [7, 11) is -2.08. The molecule has 0 saturated carbocycles. The Morgan fingerprint density at radius 3 is 2.45 bits per heavy atom. The largest absolute Gasteiger partial charge is 0.271 e. The Hall–Kier alpha value is -1.00. The fraction of sp³-hybridized carbons (Fsp3) is 0.300. The highest BCUT2D eigenvalue weighted by Gasteiger charge is 2.25. The summed E-state index contributed by atoms with van der Waals surface area (Å²) in [5.74, 6) is 0.121. The second-order valence-electron chi connectivity index (χ2n) is 4.06. The van der Waals surface area contributed by atoms with Gasteiger partial charge in [-0.05, 0) is 45.7 Å². The number of anilines is 1. The predicted molar refractivity (Wildman–Crippen MR) is 80.9 cm³/mol. The number of nitrogens with zero attached hydrogens (tertiary/aromatic N) is 4. The molecular formula is C10H11Br2N5O2S. The molecule has 2 heterocycles. The lowest BCUT2D eigenvalue weighted by Gasteiger charge is -2.08. The van der Waals surface area contributed by atoms with Crippen LogP contribution in [-0.2, 0) is 17.1 Å². The number of sulfonamides is 1. The van der Waals surface area contributed by atoms with E-state index in [1.165, 1.54) is 10.9 Å². The number of aromatic nitrogens is 4. The van der Waals surface area contributed by atoms with Crippen molar-refractivity contribution < 1.29 is 8.42 Å².